The van der Waals surface area contributed by atoms with Crippen molar-refractivity contribution in [2.24, 2.45) is 0 Å². The Kier molecular flexibility index (Phi) is 8.34. The average molecular weight is 463 g/mol. The highest BCUT2D eigenvalue weighted by atomic mass is 35.5. The quantitative estimate of drug-likeness (QED) is 0.317. The van der Waals surface area contributed by atoms with Gasteiger partial charge in [-0.2, -0.15) is 5.26 Å². The molecule has 0 heterocycles. The van der Waals surface area contributed by atoms with Crippen LogP contribution in [-0.2, 0) is 11.4 Å². The Balaban J connectivity index is 1.73. The fourth-order valence-electron chi connectivity index (χ4n) is 2.98. The lowest BCUT2D eigenvalue weighted by Gasteiger charge is -2.12. The van der Waals surface area contributed by atoms with Gasteiger partial charge in [-0.25, -0.2) is 0 Å². The van der Waals surface area contributed by atoms with E-state index in [1.807, 2.05) is 25.1 Å². The van der Waals surface area contributed by atoms with Crippen molar-refractivity contribution < 1.29 is 19.0 Å². The van der Waals surface area contributed by atoms with Crippen LogP contribution in [0.25, 0.3) is 6.08 Å². The van der Waals surface area contributed by atoms with Gasteiger partial charge in [0.2, 0.25) is 0 Å². The van der Waals surface area contributed by atoms with Crippen LogP contribution < -0.4 is 19.5 Å². The number of nitrogens with zero attached hydrogens (tertiary/aromatic N) is 1. The molecule has 0 aliphatic carbocycles. The molecule has 0 aromatic heterocycles. The first-order valence-corrected chi connectivity index (χ1v) is 10.6. The van der Waals surface area contributed by atoms with Crippen LogP contribution in [0.5, 0.6) is 17.2 Å². The molecule has 6 nitrogen and oxygen atoms in total. The molecular weight excluding hydrogens is 440 g/mol. The average Bonchev–Trinajstić information content (AvgIpc) is 2.83. The number of halogens is 1. The number of rotatable bonds is 9. The molecule has 3 aromatic rings. The lowest BCUT2D eigenvalue weighted by atomic mass is 10.1. The Morgan fingerprint density at radius 1 is 1.06 bits per heavy atom. The van der Waals surface area contributed by atoms with E-state index >= 15 is 0 Å². The summed E-state index contributed by atoms with van der Waals surface area (Å²) in [6, 6.07) is 21.5. The van der Waals surface area contributed by atoms with Gasteiger partial charge in [-0.15, -0.1) is 0 Å². The summed E-state index contributed by atoms with van der Waals surface area (Å²) in [6.07, 6.45) is 1.49. The molecule has 0 aliphatic heterocycles. The molecular formula is C26H23ClN2O4. The number of nitrogens with one attached hydrogen (secondary N) is 1. The maximum atomic E-state index is 12.6. The Hall–Kier alpha value is -3.95. The van der Waals surface area contributed by atoms with Crippen molar-refractivity contribution in [3.05, 3.63) is 88.5 Å². The number of ether oxygens (including phenoxy) is 3. The molecule has 3 rings (SSSR count). The van der Waals surface area contributed by atoms with E-state index in [1.165, 1.54) is 13.2 Å². The molecule has 0 fully saturated rings. The maximum absolute atomic E-state index is 12.6. The number of carbonyl (C=O) groups excluding carboxylic acids is 1. The number of methoxy groups -OCH3 is 1. The van der Waals surface area contributed by atoms with E-state index in [4.69, 9.17) is 25.8 Å². The van der Waals surface area contributed by atoms with Crippen LogP contribution in [-0.4, -0.2) is 19.6 Å². The van der Waals surface area contributed by atoms with Gasteiger partial charge >= 0.3 is 0 Å². The molecule has 0 atom stereocenters. The molecule has 1 N–H and O–H groups in total. The lowest BCUT2D eigenvalue weighted by molar-refractivity contribution is -0.112. The summed E-state index contributed by atoms with van der Waals surface area (Å²) in [6.45, 7) is 2.74. The van der Waals surface area contributed by atoms with Gasteiger partial charge < -0.3 is 19.5 Å². The zero-order valence-electron chi connectivity index (χ0n) is 18.3. The third-order valence-electron chi connectivity index (χ3n) is 4.57. The van der Waals surface area contributed by atoms with Gasteiger partial charge in [0.1, 0.15) is 24.0 Å². The molecule has 0 unspecified atom stereocenters. The molecule has 0 saturated carbocycles. The summed E-state index contributed by atoms with van der Waals surface area (Å²) in [4.78, 5) is 12.6. The second-order valence-electron chi connectivity index (χ2n) is 6.91. The third kappa shape index (κ3) is 6.76. The van der Waals surface area contributed by atoms with Crippen LogP contribution >= 0.6 is 11.6 Å². The van der Waals surface area contributed by atoms with Crippen molar-refractivity contribution >= 4 is 29.3 Å². The first kappa shape index (κ1) is 23.7. The van der Waals surface area contributed by atoms with Gasteiger partial charge in [0.15, 0.2) is 11.5 Å². The van der Waals surface area contributed by atoms with E-state index < -0.39 is 5.91 Å². The Morgan fingerprint density at radius 3 is 2.55 bits per heavy atom. The minimum atomic E-state index is -0.520. The van der Waals surface area contributed by atoms with Crippen LogP contribution in [0.4, 0.5) is 5.69 Å². The molecule has 168 valence electrons. The summed E-state index contributed by atoms with van der Waals surface area (Å²) >= 11 is 5.91. The number of anilines is 1. The standard InChI is InChI=1S/C26H23ClN2O4/c1-3-32-23-6-4-5-22(15-23)29-26(30)20(16-28)13-19-9-12-24(25(14-19)31-2)33-17-18-7-10-21(27)11-8-18/h4-15H,3,17H2,1-2H3,(H,29,30)/b20-13-. The van der Waals surface area contributed by atoms with Gasteiger partial charge in [0, 0.05) is 16.8 Å². The fourth-order valence-corrected chi connectivity index (χ4v) is 3.10. The van der Waals surface area contributed by atoms with Crippen molar-refractivity contribution in [2.75, 3.05) is 19.0 Å². The number of hydrogen-bond donors (Lipinski definition) is 1. The highest BCUT2D eigenvalue weighted by Gasteiger charge is 2.12. The minimum Gasteiger partial charge on any atom is -0.494 e. The van der Waals surface area contributed by atoms with Gasteiger partial charge in [0.25, 0.3) is 5.91 Å². The summed E-state index contributed by atoms with van der Waals surface area (Å²) < 4.78 is 16.7. The van der Waals surface area contributed by atoms with E-state index in [9.17, 15) is 10.1 Å². The number of nitriles is 1. The zero-order valence-corrected chi connectivity index (χ0v) is 19.1. The molecule has 3 aromatic carbocycles. The van der Waals surface area contributed by atoms with Gasteiger partial charge in [-0.1, -0.05) is 35.9 Å². The van der Waals surface area contributed by atoms with E-state index in [2.05, 4.69) is 5.32 Å². The highest BCUT2D eigenvalue weighted by molar-refractivity contribution is 6.30. The monoisotopic (exact) mass is 462 g/mol. The predicted molar refractivity (Wildman–Crippen MR) is 129 cm³/mol. The molecule has 1 amide bonds. The van der Waals surface area contributed by atoms with Gasteiger partial charge in [-0.3, -0.25) is 4.79 Å². The summed E-state index contributed by atoms with van der Waals surface area (Å²) in [7, 11) is 1.53. The summed E-state index contributed by atoms with van der Waals surface area (Å²) in [5.74, 6) is 1.14. The number of benzene rings is 3. The van der Waals surface area contributed by atoms with Crippen LogP contribution in [0.1, 0.15) is 18.1 Å². The van der Waals surface area contributed by atoms with Gasteiger partial charge in [-0.05, 0) is 60.5 Å². The normalized spacial score (nSPS) is 10.8. The van der Waals surface area contributed by atoms with Crippen LogP contribution in [0.3, 0.4) is 0 Å². The fraction of sp³-hybridized carbons (Fsp3) is 0.154. The molecule has 0 saturated heterocycles. The maximum Gasteiger partial charge on any atom is 0.266 e. The largest absolute Gasteiger partial charge is 0.494 e. The van der Waals surface area contributed by atoms with E-state index in [0.717, 1.165) is 5.56 Å². The van der Waals surface area contributed by atoms with Crippen LogP contribution in [0.2, 0.25) is 5.02 Å². The van der Waals surface area contributed by atoms with E-state index in [0.29, 0.717) is 46.7 Å². The minimum absolute atomic E-state index is 0.0475. The summed E-state index contributed by atoms with van der Waals surface area (Å²) in [5.41, 5.74) is 2.08. The number of amides is 1. The lowest BCUT2D eigenvalue weighted by Crippen LogP contribution is -2.13. The smallest absolute Gasteiger partial charge is 0.266 e. The van der Waals surface area contributed by atoms with Crippen molar-refractivity contribution in [3.8, 4) is 23.3 Å². The molecule has 0 bridgehead atoms. The number of carbonyl (C=O) groups is 1. The molecule has 0 spiro atoms. The third-order valence-corrected chi connectivity index (χ3v) is 4.83. The second-order valence-corrected chi connectivity index (χ2v) is 7.35. The van der Waals surface area contributed by atoms with Crippen molar-refractivity contribution in [1.82, 2.24) is 0 Å². The zero-order chi connectivity index (χ0) is 23.6. The van der Waals surface area contributed by atoms with Crippen molar-refractivity contribution in [3.63, 3.8) is 0 Å². The molecule has 33 heavy (non-hydrogen) atoms. The van der Waals surface area contributed by atoms with E-state index in [1.54, 1.807) is 54.6 Å². The Bertz CT molecular complexity index is 1180. The SMILES string of the molecule is CCOc1cccc(NC(=O)/C(C#N)=C\c2ccc(OCc3ccc(Cl)cc3)c(OC)c2)c1. The van der Waals surface area contributed by atoms with Crippen LogP contribution in [0.15, 0.2) is 72.3 Å². The van der Waals surface area contributed by atoms with Crippen LogP contribution in [0, 0.1) is 11.3 Å². The molecule has 7 heteroatoms. The van der Waals surface area contributed by atoms with E-state index in [-0.39, 0.29) is 5.57 Å². The molecule has 0 radical (unpaired) electrons. The topological polar surface area (TPSA) is 80.6 Å². The summed E-state index contributed by atoms with van der Waals surface area (Å²) in [5, 5.41) is 12.9. The molecule has 0 aliphatic rings. The Labute approximate surface area is 198 Å². The van der Waals surface area contributed by atoms with Crippen molar-refractivity contribution in [1.29, 1.82) is 5.26 Å². The number of hydrogen-bond acceptors (Lipinski definition) is 5. The highest BCUT2D eigenvalue weighted by Crippen LogP contribution is 2.30. The van der Waals surface area contributed by atoms with Crippen molar-refractivity contribution in [2.45, 2.75) is 13.5 Å². The first-order valence-electron chi connectivity index (χ1n) is 10.2. The van der Waals surface area contributed by atoms with Gasteiger partial charge in [0.05, 0.1) is 13.7 Å². The second kappa shape index (κ2) is 11.6. The predicted octanol–water partition coefficient (Wildman–Crippen LogP) is 5.87. The first-order chi connectivity index (χ1) is 16.0. The Morgan fingerprint density at radius 2 is 1.85 bits per heavy atom.